The minimum absolute atomic E-state index is 0.211. The first-order valence-electron chi connectivity index (χ1n) is 7.00. The normalized spacial score (nSPS) is 11.5. The molecule has 0 bridgehead atoms. The Morgan fingerprint density at radius 3 is 2.36 bits per heavy atom. The number of benzene rings is 2. The van der Waals surface area contributed by atoms with Crippen LogP contribution in [-0.4, -0.2) is 21.2 Å². The molecule has 3 aromatic rings. The number of carbonyl (C=O) groups is 1. The first kappa shape index (κ1) is 16.7. The van der Waals surface area contributed by atoms with Crippen LogP contribution >= 0.6 is 0 Å². The molecule has 2 aromatic carbocycles. The van der Waals surface area contributed by atoms with Gasteiger partial charge in [-0.2, -0.15) is 18.3 Å². The summed E-state index contributed by atoms with van der Waals surface area (Å²) in [5, 5.41) is 13.4. The van der Waals surface area contributed by atoms with Crippen molar-refractivity contribution in [3.63, 3.8) is 0 Å². The van der Waals surface area contributed by atoms with Crippen LogP contribution in [0.15, 0.2) is 48.8 Å². The fourth-order valence-corrected chi connectivity index (χ4v) is 2.29. The maximum Gasteiger partial charge on any atom is 0.416 e. The fraction of sp³-hybridized carbons (Fsp3) is 0.0588. The Balaban J connectivity index is 1.95. The highest BCUT2D eigenvalue weighted by Crippen LogP contribution is 2.31. The number of aromatic hydroxyl groups is 1. The van der Waals surface area contributed by atoms with E-state index in [-0.39, 0.29) is 5.56 Å². The Morgan fingerprint density at radius 1 is 1.08 bits per heavy atom. The molecular weight excluding hydrogens is 340 g/mol. The van der Waals surface area contributed by atoms with Crippen molar-refractivity contribution in [1.29, 1.82) is 0 Å². The van der Waals surface area contributed by atoms with Crippen molar-refractivity contribution in [1.82, 2.24) is 9.78 Å². The van der Waals surface area contributed by atoms with Crippen LogP contribution in [0.25, 0.3) is 16.8 Å². The van der Waals surface area contributed by atoms with Crippen molar-refractivity contribution >= 4 is 6.29 Å². The van der Waals surface area contributed by atoms with Gasteiger partial charge in [0, 0.05) is 11.8 Å². The van der Waals surface area contributed by atoms with Crippen LogP contribution in [-0.2, 0) is 6.18 Å². The molecule has 0 unspecified atom stereocenters. The van der Waals surface area contributed by atoms with Crippen molar-refractivity contribution in [2.24, 2.45) is 0 Å². The molecule has 3 rings (SSSR count). The van der Waals surface area contributed by atoms with Crippen LogP contribution in [0.3, 0.4) is 0 Å². The van der Waals surface area contributed by atoms with Gasteiger partial charge in [0.25, 0.3) is 0 Å². The second-order valence-electron chi connectivity index (χ2n) is 5.23. The van der Waals surface area contributed by atoms with Gasteiger partial charge in [-0.15, -0.1) is 0 Å². The molecule has 0 amide bonds. The number of hydrogen-bond acceptors (Lipinski definition) is 3. The highest BCUT2D eigenvalue weighted by molar-refractivity contribution is 5.82. The van der Waals surface area contributed by atoms with Gasteiger partial charge in [0.2, 0.25) is 0 Å². The van der Waals surface area contributed by atoms with Gasteiger partial charge < -0.3 is 5.11 Å². The second-order valence-corrected chi connectivity index (χ2v) is 5.23. The number of phenolic OH excluding ortho intramolecular Hbond substituents is 1. The lowest BCUT2D eigenvalue weighted by Crippen LogP contribution is -2.05. The van der Waals surface area contributed by atoms with Gasteiger partial charge in [0.05, 0.1) is 23.0 Å². The molecule has 0 aliphatic rings. The predicted molar refractivity (Wildman–Crippen MR) is 81.0 cm³/mol. The Hall–Kier alpha value is -3.16. The third-order valence-electron chi connectivity index (χ3n) is 3.59. The average molecular weight is 350 g/mol. The highest BCUT2D eigenvalue weighted by atomic mass is 19.4. The van der Waals surface area contributed by atoms with E-state index in [1.54, 1.807) is 0 Å². The summed E-state index contributed by atoms with van der Waals surface area (Å²) in [6.45, 7) is 0. The number of aldehydes is 1. The van der Waals surface area contributed by atoms with Crippen molar-refractivity contribution < 1.29 is 27.5 Å². The predicted octanol–water partition coefficient (Wildman–Crippen LogP) is 4.22. The molecule has 25 heavy (non-hydrogen) atoms. The van der Waals surface area contributed by atoms with E-state index in [2.05, 4.69) is 5.10 Å². The number of nitrogens with zero attached hydrogens (tertiary/aromatic N) is 2. The lowest BCUT2D eigenvalue weighted by Gasteiger charge is -2.07. The van der Waals surface area contributed by atoms with E-state index in [4.69, 9.17) is 0 Å². The van der Waals surface area contributed by atoms with E-state index < -0.39 is 23.3 Å². The van der Waals surface area contributed by atoms with Crippen molar-refractivity contribution in [3.8, 4) is 22.6 Å². The number of phenols is 1. The molecule has 128 valence electrons. The summed E-state index contributed by atoms with van der Waals surface area (Å²) in [5.74, 6) is -1.70. The zero-order chi connectivity index (χ0) is 18.2. The SMILES string of the molecule is O=Cc1cc(-c2cnn(-c3ccc(C(F)(F)F)cc3)c2)cc(F)c1O. The van der Waals surface area contributed by atoms with Gasteiger partial charge in [0.15, 0.2) is 17.9 Å². The van der Waals surface area contributed by atoms with E-state index in [1.807, 2.05) is 0 Å². The maximum absolute atomic E-state index is 13.7. The molecule has 4 nitrogen and oxygen atoms in total. The lowest BCUT2D eigenvalue weighted by molar-refractivity contribution is -0.137. The molecule has 0 aliphatic carbocycles. The largest absolute Gasteiger partial charge is 0.504 e. The van der Waals surface area contributed by atoms with Crippen LogP contribution < -0.4 is 0 Å². The monoisotopic (exact) mass is 350 g/mol. The Kier molecular flexibility index (Phi) is 4.03. The minimum atomic E-state index is -4.43. The van der Waals surface area contributed by atoms with Gasteiger partial charge in [-0.1, -0.05) is 0 Å². The molecule has 0 saturated heterocycles. The highest BCUT2D eigenvalue weighted by Gasteiger charge is 2.30. The zero-order valence-corrected chi connectivity index (χ0v) is 12.5. The van der Waals surface area contributed by atoms with Gasteiger partial charge in [-0.25, -0.2) is 9.07 Å². The molecule has 0 spiro atoms. The maximum atomic E-state index is 13.7. The number of alkyl halides is 3. The third kappa shape index (κ3) is 3.23. The number of hydrogen-bond donors (Lipinski definition) is 1. The molecule has 0 saturated carbocycles. The third-order valence-corrected chi connectivity index (χ3v) is 3.59. The number of halogens is 4. The first-order chi connectivity index (χ1) is 11.8. The summed E-state index contributed by atoms with van der Waals surface area (Å²) in [6, 6.07) is 6.71. The Bertz CT molecular complexity index is 931. The zero-order valence-electron chi connectivity index (χ0n) is 12.5. The minimum Gasteiger partial charge on any atom is -0.504 e. The van der Waals surface area contributed by atoms with E-state index in [1.165, 1.54) is 35.3 Å². The molecule has 0 fully saturated rings. The molecule has 1 heterocycles. The molecule has 0 atom stereocenters. The molecular formula is C17H10F4N2O2. The van der Waals surface area contributed by atoms with E-state index in [0.717, 1.165) is 18.2 Å². The summed E-state index contributed by atoms with van der Waals surface area (Å²) in [4.78, 5) is 10.9. The van der Waals surface area contributed by atoms with Crippen LogP contribution in [0.1, 0.15) is 15.9 Å². The van der Waals surface area contributed by atoms with E-state index in [0.29, 0.717) is 23.1 Å². The first-order valence-corrected chi connectivity index (χ1v) is 7.00. The summed E-state index contributed by atoms with van der Waals surface area (Å²) >= 11 is 0. The van der Waals surface area contributed by atoms with Crippen LogP contribution in [0, 0.1) is 5.82 Å². The van der Waals surface area contributed by atoms with E-state index >= 15 is 0 Å². The van der Waals surface area contributed by atoms with Crippen LogP contribution in [0.4, 0.5) is 17.6 Å². The van der Waals surface area contributed by atoms with Crippen LogP contribution in [0.5, 0.6) is 5.75 Å². The summed E-state index contributed by atoms with van der Waals surface area (Å²) in [7, 11) is 0. The number of aromatic nitrogens is 2. The Morgan fingerprint density at radius 2 is 1.76 bits per heavy atom. The van der Waals surface area contributed by atoms with Gasteiger partial charge in [-0.05, 0) is 42.0 Å². The summed E-state index contributed by atoms with van der Waals surface area (Å²) in [5.41, 5.74) is 0.128. The fourth-order valence-electron chi connectivity index (χ4n) is 2.29. The topological polar surface area (TPSA) is 55.1 Å². The standard InChI is InChI=1S/C17H10F4N2O2/c18-15-6-10(5-11(9-24)16(15)25)12-7-22-23(8-12)14-3-1-13(2-4-14)17(19,20)21/h1-9,25H. The quantitative estimate of drug-likeness (QED) is 0.569. The second kappa shape index (κ2) is 6.04. The van der Waals surface area contributed by atoms with E-state index in [9.17, 15) is 27.5 Å². The van der Waals surface area contributed by atoms with Crippen molar-refractivity contribution in [3.05, 3.63) is 65.7 Å². The summed E-state index contributed by atoms with van der Waals surface area (Å²) in [6.07, 6.45) is -1.26. The Labute approximate surface area is 139 Å². The smallest absolute Gasteiger partial charge is 0.416 e. The van der Waals surface area contributed by atoms with Crippen LogP contribution in [0.2, 0.25) is 0 Å². The van der Waals surface area contributed by atoms with Gasteiger partial charge in [-0.3, -0.25) is 4.79 Å². The van der Waals surface area contributed by atoms with Crippen molar-refractivity contribution in [2.45, 2.75) is 6.18 Å². The molecule has 8 heteroatoms. The van der Waals surface area contributed by atoms with Crippen molar-refractivity contribution in [2.75, 3.05) is 0 Å². The molecule has 0 aliphatic heterocycles. The number of rotatable bonds is 3. The molecule has 0 radical (unpaired) electrons. The number of carbonyl (C=O) groups excluding carboxylic acids is 1. The lowest BCUT2D eigenvalue weighted by atomic mass is 10.1. The molecule has 1 N–H and O–H groups in total. The average Bonchev–Trinajstić information content (AvgIpc) is 3.06. The molecule has 1 aromatic heterocycles. The summed E-state index contributed by atoms with van der Waals surface area (Å²) < 4.78 is 52.7. The van der Waals surface area contributed by atoms with Gasteiger partial charge in [0.1, 0.15) is 0 Å². The van der Waals surface area contributed by atoms with Gasteiger partial charge >= 0.3 is 6.18 Å².